The van der Waals surface area contributed by atoms with E-state index in [4.69, 9.17) is 23.7 Å². The van der Waals surface area contributed by atoms with Crippen molar-refractivity contribution < 1.29 is 38.4 Å². The third-order valence-electron chi connectivity index (χ3n) is 7.69. The number of fused-ring (bicyclic) bond motifs is 2. The number of benzene rings is 3. The number of aliphatic carboxylic acids is 1. The molecule has 0 fully saturated rings. The standard InChI is InChI=1S/C33H29NO8/c1-3-14-39-27-11-9-22-24(30(27)23-6-4-5-7-25(23)38-2)16-33(32(36)37,42-29-17-34-13-12-21(29)18-35)31(22)20-8-10-26-28(15-20)41-19-40-26/h4-13,15,17-18,31H,3,14,16,19H2,1-2H3,(H,36,37). The van der Waals surface area contributed by atoms with Crippen LogP contribution in [0.5, 0.6) is 28.7 Å². The highest BCUT2D eigenvalue weighted by atomic mass is 16.7. The molecular formula is C33H29NO8. The molecule has 0 radical (unpaired) electrons. The van der Waals surface area contributed by atoms with Crippen LogP contribution in [0.3, 0.4) is 0 Å². The van der Waals surface area contributed by atoms with Crippen molar-refractivity contribution in [2.45, 2.75) is 31.3 Å². The Balaban J connectivity index is 1.63. The third-order valence-corrected chi connectivity index (χ3v) is 7.69. The first kappa shape index (κ1) is 27.1. The number of ether oxygens (including phenoxy) is 5. The number of nitrogens with zero attached hydrogens (tertiary/aromatic N) is 1. The summed E-state index contributed by atoms with van der Waals surface area (Å²) in [5, 5.41) is 11.0. The molecule has 3 aromatic carbocycles. The van der Waals surface area contributed by atoms with E-state index in [2.05, 4.69) is 4.98 Å². The summed E-state index contributed by atoms with van der Waals surface area (Å²) in [4.78, 5) is 29.5. The lowest BCUT2D eigenvalue weighted by Gasteiger charge is -2.33. The number of aldehydes is 1. The van der Waals surface area contributed by atoms with Gasteiger partial charge in [0.15, 0.2) is 17.8 Å². The van der Waals surface area contributed by atoms with Gasteiger partial charge in [-0.1, -0.05) is 37.3 Å². The van der Waals surface area contributed by atoms with Crippen molar-refractivity contribution in [3.63, 3.8) is 0 Å². The number of carboxylic acids is 1. The van der Waals surface area contributed by atoms with Crippen LogP contribution in [-0.4, -0.2) is 48.5 Å². The zero-order chi connectivity index (χ0) is 29.3. The van der Waals surface area contributed by atoms with Crippen LogP contribution in [0.1, 0.15) is 46.3 Å². The second-order valence-corrected chi connectivity index (χ2v) is 10.1. The maximum Gasteiger partial charge on any atom is 0.349 e. The summed E-state index contributed by atoms with van der Waals surface area (Å²) in [6, 6.07) is 18.2. The maximum absolute atomic E-state index is 13.5. The van der Waals surface area contributed by atoms with Gasteiger partial charge in [0.2, 0.25) is 12.4 Å². The summed E-state index contributed by atoms with van der Waals surface area (Å²) in [6.45, 7) is 2.58. The highest BCUT2D eigenvalue weighted by Gasteiger charge is 2.57. The summed E-state index contributed by atoms with van der Waals surface area (Å²) in [5.74, 6) is 0.416. The minimum absolute atomic E-state index is 0.0271. The van der Waals surface area contributed by atoms with E-state index in [9.17, 15) is 14.7 Å². The molecule has 0 spiro atoms. The molecule has 1 aliphatic heterocycles. The molecular weight excluding hydrogens is 538 g/mol. The second-order valence-electron chi connectivity index (χ2n) is 10.1. The van der Waals surface area contributed by atoms with Crippen LogP contribution >= 0.6 is 0 Å². The molecule has 2 unspecified atom stereocenters. The molecule has 0 amide bonds. The van der Waals surface area contributed by atoms with Crippen LogP contribution < -0.4 is 23.7 Å². The number of carbonyl (C=O) groups is 2. The molecule has 4 aromatic rings. The molecule has 1 N–H and O–H groups in total. The number of rotatable bonds is 10. The molecule has 9 nitrogen and oxygen atoms in total. The highest BCUT2D eigenvalue weighted by molar-refractivity contribution is 5.89. The van der Waals surface area contributed by atoms with E-state index in [1.165, 1.54) is 18.5 Å². The Bertz CT molecular complexity index is 1670. The Kier molecular flexibility index (Phi) is 7.16. The molecule has 2 atom stereocenters. The van der Waals surface area contributed by atoms with Crippen LogP contribution in [0.4, 0.5) is 0 Å². The summed E-state index contributed by atoms with van der Waals surface area (Å²) in [6.07, 6.45) is 4.21. The first-order valence-electron chi connectivity index (χ1n) is 13.6. The lowest BCUT2D eigenvalue weighted by molar-refractivity contribution is -0.155. The largest absolute Gasteiger partial charge is 0.496 e. The highest BCUT2D eigenvalue weighted by Crippen LogP contribution is 2.54. The van der Waals surface area contributed by atoms with Gasteiger partial charge in [-0.15, -0.1) is 0 Å². The van der Waals surface area contributed by atoms with Crippen molar-refractivity contribution in [3.05, 3.63) is 95.3 Å². The molecule has 42 heavy (non-hydrogen) atoms. The maximum atomic E-state index is 13.5. The Morgan fingerprint density at radius 3 is 2.69 bits per heavy atom. The van der Waals surface area contributed by atoms with Gasteiger partial charge in [-0.25, -0.2) is 4.79 Å². The van der Waals surface area contributed by atoms with Crippen LogP contribution in [0.25, 0.3) is 11.1 Å². The number of carbonyl (C=O) groups excluding carboxylic acids is 1. The van der Waals surface area contributed by atoms with Crippen molar-refractivity contribution in [1.82, 2.24) is 4.98 Å². The SMILES string of the molecule is CCCOc1ccc2c(c1-c1ccccc1OC)CC(Oc1cnccc1C=O)(C(=O)O)C2c1ccc2c(c1)OCO2. The number of aromatic nitrogens is 1. The van der Waals surface area contributed by atoms with E-state index < -0.39 is 17.5 Å². The average Bonchev–Trinajstić information content (AvgIpc) is 3.62. The number of methoxy groups -OCH3 is 1. The Morgan fingerprint density at radius 1 is 1.07 bits per heavy atom. The zero-order valence-corrected chi connectivity index (χ0v) is 23.2. The third kappa shape index (κ3) is 4.47. The number of hydrogen-bond acceptors (Lipinski definition) is 8. The molecule has 9 heteroatoms. The number of carboxylic acid groups (broad SMARTS) is 1. The lowest BCUT2D eigenvalue weighted by Crippen LogP contribution is -2.49. The lowest BCUT2D eigenvalue weighted by atomic mass is 9.81. The normalized spacial score (nSPS) is 18.3. The fourth-order valence-corrected chi connectivity index (χ4v) is 5.85. The molecule has 0 bridgehead atoms. The summed E-state index contributed by atoms with van der Waals surface area (Å²) < 4.78 is 29.6. The molecule has 0 saturated carbocycles. The van der Waals surface area contributed by atoms with E-state index >= 15 is 0 Å². The predicted octanol–water partition coefficient (Wildman–Crippen LogP) is 5.68. The Hall–Kier alpha value is -5.05. The number of pyridine rings is 1. The molecule has 2 heterocycles. The van der Waals surface area contributed by atoms with E-state index in [1.807, 2.05) is 49.4 Å². The van der Waals surface area contributed by atoms with Crippen LogP contribution in [0.2, 0.25) is 0 Å². The predicted molar refractivity (Wildman–Crippen MR) is 153 cm³/mol. The van der Waals surface area contributed by atoms with E-state index in [1.54, 1.807) is 19.2 Å². The van der Waals surface area contributed by atoms with Gasteiger partial charge in [0.1, 0.15) is 17.2 Å². The minimum atomic E-state index is -1.85. The van der Waals surface area contributed by atoms with Gasteiger partial charge < -0.3 is 28.8 Å². The molecule has 2 aliphatic rings. The van der Waals surface area contributed by atoms with Gasteiger partial charge in [-0.3, -0.25) is 9.78 Å². The smallest absolute Gasteiger partial charge is 0.349 e. The zero-order valence-electron chi connectivity index (χ0n) is 23.2. The van der Waals surface area contributed by atoms with Crippen molar-refractivity contribution in [3.8, 4) is 39.9 Å². The van der Waals surface area contributed by atoms with Crippen LogP contribution in [0.15, 0.2) is 73.1 Å². The van der Waals surface area contributed by atoms with Gasteiger partial charge >= 0.3 is 5.97 Å². The topological polar surface area (TPSA) is 113 Å². The van der Waals surface area contributed by atoms with Crippen molar-refractivity contribution in [2.75, 3.05) is 20.5 Å². The monoisotopic (exact) mass is 567 g/mol. The van der Waals surface area contributed by atoms with Gasteiger partial charge in [0.05, 0.1) is 31.4 Å². The van der Waals surface area contributed by atoms with Gasteiger partial charge in [0.25, 0.3) is 0 Å². The summed E-state index contributed by atoms with van der Waals surface area (Å²) in [7, 11) is 1.60. The number of para-hydroxylation sites is 1. The molecule has 1 aliphatic carbocycles. The molecule has 214 valence electrons. The minimum Gasteiger partial charge on any atom is -0.496 e. The molecule has 6 rings (SSSR count). The van der Waals surface area contributed by atoms with Gasteiger partial charge in [0, 0.05) is 23.7 Å². The summed E-state index contributed by atoms with van der Waals surface area (Å²) >= 11 is 0. The first-order chi connectivity index (χ1) is 20.5. The quantitative estimate of drug-likeness (QED) is 0.242. The van der Waals surface area contributed by atoms with E-state index in [0.29, 0.717) is 41.5 Å². The van der Waals surface area contributed by atoms with E-state index in [-0.39, 0.29) is 24.5 Å². The molecule has 1 aromatic heterocycles. The first-order valence-corrected chi connectivity index (χ1v) is 13.6. The second kappa shape index (κ2) is 11.1. The fraction of sp³-hybridized carbons (Fsp3) is 0.242. The van der Waals surface area contributed by atoms with Crippen molar-refractivity contribution in [2.24, 2.45) is 0 Å². The average molecular weight is 568 g/mol. The van der Waals surface area contributed by atoms with Gasteiger partial charge in [-0.05, 0) is 53.4 Å². The Labute approximate surface area is 242 Å². The van der Waals surface area contributed by atoms with Crippen molar-refractivity contribution >= 4 is 12.3 Å². The Morgan fingerprint density at radius 2 is 1.90 bits per heavy atom. The summed E-state index contributed by atoms with van der Waals surface area (Å²) in [5.41, 5.74) is 2.00. The fourth-order valence-electron chi connectivity index (χ4n) is 5.85. The van der Waals surface area contributed by atoms with Gasteiger partial charge in [-0.2, -0.15) is 0 Å². The van der Waals surface area contributed by atoms with Crippen LogP contribution in [-0.2, 0) is 11.2 Å². The van der Waals surface area contributed by atoms with Crippen LogP contribution in [0, 0.1) is 0 Å². The van der Waals surface area contributed by atoms with Crippen molar-refractivity contribution in [1.29, 1.82) is 0 Å². The number of hydrogen-bond donors (Lipinski definition) is 1. The molecule has 0 saturated heterocycles. The van der Waals surface area contributed by atoms with E-state index in [0.717, 1.165) is 28.7 Å².